The van der Waals surface area contributed by atoms with Crippen molar-refractivity contribution < 1.29 is 10.0 Å². The van der Waals surface area contributed by atoms with Gasteiger partial charge in [-0.1, -0.05) is 6.42 Å². The number of hydrogen-bond acceptors (Lipinski definition) is 6. The summed E-state index contributed by atoms with van der Waals surface area (Å²) in [6, 6.07) is 3.43. The maximum absolute atomic E-state index is 11.3. The quantitative estimate of drug-likeness (QED) is 0.669. The van der Waals surface area contributed by atoms with Crippen molar-refractivity contribution in [2.24, 2.45) is 5.92 Å². The van der Waals surface area contributed by atoms with Gasteiger partial charge in [-0.05, 0) is 25.8 Å². The fourth-order valence-electron chi connectivity index (χ4n) is 2.99. The van der Waals surface area contributed by atoms with Crippen molar-refractivity contribution in [1.82, 2.24) is 4.98 Å². The van der Waals surface area contributed by atoms with Gasteiger partial charge in [-0.2, -0.15) is 0 Å². The van der Waals surface area contributed by atoms with Crippen LogP contribution in [0, 0.1) is 23.0 Å². The minimum Gasteiger partial charge on any atom is -0.396 e. The molecule has 6 nitrogen and oxygen atoms in total. The van der Waals surface area contributed by atoms with E-state index in [1.165, 1.54) is 11.3 Å². The second-order valence-corrected chi connectivity index (χ2v) is 6.69. The number of anilines is 1. The summed E-state index contributed by atoms with van der Waals surface area (Å²) in [5, 5.41) is 24.8. The van der Waals surface area contributed by atoms with E-state index in [4.69, 9.17) is 0 Å². The van der Waals surface area contributed by atoms with E-state index in [1.807, 2.05) is 6.92 Å². The second kappa shape index (κ2) is 5.57. The van der Waals surface area contributed by atoms with Crippen LogP contribution in [0.2, 0.25) is 0 Å². The average molecular weight is 307 g/mol. The summed E-state index contributed by atoms with van der Waals surface area (Å²) in [4.78, 5) is 15.3. The second-order valence-electron chi connectivity index (χ2n) is 5.45. The highest BCUT2D eigenvalue weighted by Gasteiger charge is 2.28. The predicted octanol–water partition coefficient (Wildman–Crippen LogP) is 3.09. The molecule has 0 saturated heterocycles. The number of benzene rings is 1. The molecule has 1 fully saturated rings. The lowest BCUT2D eigenvalue weighted by Crippen LogP contribution is -2.26. The molecule has 1 aliphatic rings. The molecule has 3 rings (SSSR count). The number of nitrogens with zero attached hydrogens (tertiary/aromatic N) is 2. The Hall–Kier alpha value is -1.73. The number of nitro groups is 1. The smallest absolute Gasteiger partial charge is 0.293 e. The summed E-state index contributed by atoms with van der Waals surface area (Å²) in [6.07, 6.45) is 2.92. The van der Waals surface area contributed by atoms with Crippen LogP contribution < -0.4 is 5.32 Å². The monoisotopic (exact) mass is 307 g/mol. The zero-order chi connectivity index (χ0) is 15.0. The van der Waals surface area contributed by atoms with Crippen molar-refractivity contribution in [2.75, 3.05) is 11.9 Å². The Bertz CT molecular complexity index is 685. The topological polar surface area (TPSA) is 88.3 Å². The minimum absolute atomic E-state index is 0.0785. The highest BCUT2D eigenvalue weighted by Crippen LogP contribution is 2.36. The van der Waals surface area contributed by atoms with Crippen LogP contribution in [-0.2, 0) is 0 Å². The van der Waals surface area contributed by atoms with Gasteiger partial charge >= 0.3 is 0 Å². The van der Waals surface area contributed by atoms with E-state index in [0.29, 0.717) is 5.69 Å². The number of aryl methyl sites for hydroxylation is 1. The van der Waals surface area contributed by atoms with Gasteiger partial charge in [0.15, 0.2) is 0 Å². The molecule has 1 heterocycles. The zero-order valence-electron chi connectivity index (χ0n) is 11.7. The zero-order valence-corrected chi connectivity index (χ0v) is 12.5. The molecule has 0 radical (unpaired) electrons. The van der Waals surface area contributed by atoms with Gasteiger partial charge in [-0.3, -0.25) is 10.1 Å². The van der Waals surface area contributed by atoms with Gasteiger partial charge in [0.2, 0.25) is 0 Å². The molecule has 2 N–H and O–H groups in total. The standard InChI is InChI=1S/C14H17N3O3S/c1-8-15-12-5-11(13(17(19)20)6-14(12)21-8)16-10-4-2-3-9(10)7-18/h5-6,9-10,16,18H,2-4,7H2,1H3. The number of aliphatic hydroxyl groups excluding tert-OH is 1. The number of rotatable bonds is 4. The number of aliphatic hydroxyl groups is 1. The van der Waals surface area contributed by atoms with Gasteiger partial charge in [0, 0.05) is 24.6 Å². The van der Waals surface area contributed by atoms with Crippen molar-refractivity contribution in [3.05, 3.63) is 27.3 Å². The molecule has 2 atom stereocenters. The largest absolute Gasteiger partial charge is 0.396 e. The van der Waals surface area contributed by atoms with Gasteiger partial charge in [0.05, 0.1) is 20.1 Å². The Morgan fingerprint density at radius 1 is 1.52 bits per heavy atom. The van der Waals surface area contributed by atoms with E-state index >= 15 is 0 Å². The SMILES string of the molecule is Cc1nc2cc(NC3CCCC3CO)c([N+](=O)[O-])cc2s1. The molecular formula is C14H17N3O3S. The first kappa shape index (κ1) is 14.2. The lowest BCUT2D eigenvalue weighted by molar-refractivity contribution is -0.383. The van der Waals surface area contributed by atoms with Crippen molar-refractivity contribution in [3.8, 4) is 0 Å². The Labute approximate surface area is 126 Å². The molecule has 112 valence electrons. The molecule has 2 aromatic rings. The number of nitrogens with one attached hydrogen (secondary N) is 1. The highest BCUT2D eigenvalue weighted by molar-refractivity contribution is 7.18. The molecule has 7 heteroatoms. The molecule has 0 amide bonds. The van der Waals surface area contributed by atoms with E-state index in [-0.39, 0.29) is 29.2 Å². The summed E-state index contributed by atoms with van der Waals surface area (Å²) in [6.45, 7) is 2.01. The molecule has 0 spiro atoms. The van der Waals surface area contributed by atoms with Crippen molar-refractivity contribution >= 4 is 32.9 Å². The average Bonchev–Trinajstić information content (AvgIpc) is 3.02. The number of hydrogen-bond donors (Lipinski definition) is 2. The lowest BCUT2D eigenvalue weighted by atomic mass is 10.0. The first-order valence-electron chi connectivity index (χ1n) is 7.01. The lowest BCUT2D eigenvalue weighted by Gasteiger charge is -2.20. The maximum atomic E-state index is 11.3. The summed E-state index contributed by atoms with van der Waals surface area (Å²) in [5.74, 6) is 0.164. The first-order valence-corrected chi connectivity index (χ1v) is 7.83. The molecule has 1 aromatic carbocycles. The molecule has 21 heavy (non-hydrogen) atoms. The summed E-state index contributed by atoms with van der Waals surface area (Å²) >= 11 is 1.46. The Morgan fingerprint density at radius 2 is 2.33 bits per heavy atom. The molecule has 1 saturated carbocycles. The van der Waals surface area contributed by atoms with Crippen LogP contribution in [0.15, 0.2) is 12.1 Å². The molecular weight excluding hydrogens is 290 g/mol. The van der Waals surface area contributed by atoms with E-state index in [1.54, 1.807) is 12.1 Å². The summed E-state index contributed by atoms with van der Waals surface area (Å²) < 4.78 is 0.829. The van der Waals surface area contributed by atoms with Crippen LogP contribution in [0.25, 0.3) is 10.2 Å². The first-order chi connectivity index (χ1) is 10.1. The van der Waals surface area contributed by atoms with E-state index in [0.717, 1.165) is 34.5 Å². The van der Waals surface area contributed by atoms with Crippen LogP contribution in [0.3, 0.4) is 0 Å². The van der Waals surface area contributed by atoms with E-state index < -0.39 is 0 Å². The van der Waals surface area contributed by atoms with Gasteiger partial charge in [0.1, 0.15) is 5.69 Å². The van der Waals surface area contributed by atoms with E-state index in [2.05, 4.69) is 10.3 Å². The normalized spacial score (nSPS) is 21.8. The minimum atomic E-state index is -0.361. The molecule has 1 aromatic heterocycles. The summed E-state index contributed by atoms with van der Waals surface area (Å²) in [5.41, 5.74) is 1.36. The number of thiazole rings is 1. The van der Waals surface area contributed by atoms with Crippen LogP contribution >= 0.6 is 11.3 Å². The van der Waals surface area contributed by atoms with E-state index in [9.17, 15) is 15.2 Å². The number of aromatic nitrogens is 1. The Balaban J connectivity index is 1.99. The highest BCUT2D eigenvalue weighted by atomic mass is 32.1. The van der Waals surface area contributed by atoms with Gasteiger partial charge in [-0.25, -0.2) is 4.98 Å². The number of fused-ring (bicyclic) bond motifs is 1. The summed E-state index contributed by atoms with van der Waals surface area (Å²) in [7, 11) is 0. The third kappa shape index (κ3) is 2.71. The molecule has 1 aliphatic carbocycles. The molecule has 2 unspecified atom stereocenters. The van der Waals surface area contributed by atoms with Gasteiger partial charge in [-0.15, -0.1) is 11.3 Å². The van der Waals surface area contributed by atoms with Crippen LogP contribution in [0.1, 0.15) is 24.3 Å². The third-order valence-corrected chi connectivity index (χ3v) is 4.98. The fourth-order valence-corrected chi connectivity index (χ4v) is 3.83. The third-order valence-electron chi connectivity index (χ3n) is 4.04. The van der Waals surface area contributed by atoms with Crippen molar-refractivity contribution in [3.63, 3.8) is 0 Å². The number of nitro benzene ring substituents is 1. The van der Waals surface area contributed by atoms with Gasteiger partial charge in [0.25, 0.3) is 5.69 Å². The molecule has 0 bridgehead atoms. The van der Waals surface area contributed by atoms with Crippen LogP contribution in [0.5, 0.6) is 0 Å². The van der Waals surface area contributed by atoms with Gasteiger partial charge < -0.3 is 10.4 Å². The Kier molecular flexibility index (Phi) is 3.77. The van der Waals surface area contributed by atoms with Crippen molar-refractivity contribution in [2.45, 2.75) is 32.2 Å². The predicted molar refractivity (Wildman–Crippen MR) is 82.8 cm³/mol. The molecule has 0 aliphatic heterocycles. The van der Waals surface area contributed by atoms with Crippen LogP contribution in [-0.4, -0.2) is 27.7 Å². The Morgan fingerprint density at radius 3 is 3.05 bits per heavy atom. The fraction of sp³-hybridized carbons (Fsp3) is 0.500. The maximum Gasteiger partial charge on any atom is 0.293 e. The van der Waals surface area contributed by atoms with Crippen molar-refractivity contribution in [1.29, 1.82) is 0 Å². The van der Waals surface area contributed by atoms with Crippen LogP contribution in [0.4, 0.5) is 11.4 Å².